The van der Waals surface area contributed by atoms with Crippen molar-refractivity contribution < 1.29 is 14.3 Å². The molecule has 0 aliphatic carbocycles. The molecule has 116 valence electrons. The zero-order valence-electron chi connectivity index (χ0n) is 12.5. The van der Waals surface area contributed by atoms with Crippen molar-refractivity contribution in [2.45, 2.75) is 12.8 Å². The van der Waals surface area contributed by atoms with Crippen molar-refractivity contribution in [3.05, 3.63) is 48.5 Å². The van der Waals surface area contributed by atoms with Crippen molar-refractivity contribution in [2.24, 2.45) is 0 Å². The minimum Gasteiger partial charge on any atom is -0.497 e. The Morgan fingerprint density at radius 3 is 2.55 bits per heavy atom. The zero-order chi connectivity index (χ0) is 15.8. The van der Waals surface area contributed by atoms with Gasteiger partial charge in [-0.05, 0) is 42.8 Å². The number of methoxy groups -OCH3 is 1. The lowest BCUT2D eigenvalue weighted by Crippen LogP contribution is -2.12. The van der Waals surface area contributed by atoms with Crippen LogP contribution >= 0.6 is 0 Å². The number of para-hydroxylation sites is 2. The molecule has 0 saturated carbocycles. The molecule has 2 rings (SSSR count). The summed E-state index contributed by atoms with van der Waals surface area (Å²) in [5.41, 5.74) is 7.13. The molecule has 0 aliphatic rings. The van der Waals surface area contributed by atoms with Gasteiger partial charge >= 0.3 is 0 Å². The number of carbonyl (C=O) groups is 1. The quantitative estimate of drug-likeness (QED) is 0.609. The largest absolute Gasteiger partial charge is 0.497 e. The molecule has 0 aromatic heterocycles. The van der Waals surface area contributed by atoms with E-state index in [1.165, 1.54) is 0 Å². The van der Waals surface area contributed by atoms with E-state index in [1.807, 2.05) is 18.2 Å². The molecule has 2 aromatic rings. The lowest BCUT2D eigenvalue weighted by Gasteiger charge is -2.09. The average Bonchev–Trinajstić information content (AvgIpc) is 2.54. The molecule has 3 N–H and O–H groups in total. The smallest absolute Gasteiger partial charge is 0.224 e. The normalized spacial score (nSPS) is 10.0. The van der Waals surface area contributed by atoms with Crippen molar-refractivity contribution in [3.8, 4) is 11.5 Å². The number of carbonyl (C=O) groups excluding carboxylic acids is 1. The summed E-state index contributed by atoms with van der Waals surface area (Å²) in [5.74, 6) is 1.36. The summed E-state index contributed by atoms with van der Waals surface area (Å²) < 4.78 is 10.6. The second-order valence-corrected chi connectivity index (χ2v) is 4.77. The number of rotatable bonds is 7. The van der Waals surface area contributed by atoms with Gasteiger partial charge in [-0.15, -0.1) is 0 Å². The minimum absolute atomic E-state index is 0.0465. The first-order valence-corrected chi connectivity index (χ1v) is 7.10. The zero-order valence-corrected chi connectivity index (χ0v) is 12.5. The van der Waals surface area contributed by atoms with E-state index in [1.54, 1.807) is 37.4 Å². The maximum Gasteiger partial charge on any atom is 0.224 e. The van der Waals surface area contributed by atoms with Crippen LogP contribution in [-0.2, 0) is 4.79 Å². The summed E-state index contributed by atoms with van der Waals surface area (Å²) in [6, 6.07) is 14.5. The fourth-order valence-electron chi connectivity index (χ4n) is 1.92. The summed E-state index contributed by atoms with van der Waals surface area (Å²) in [5, 5.41) is 2.83. The van der Waals surface area contributed by atoms with Crippen LogP contribution in [0.1, 0.15) is 12.8 Å². The maximum absolute atomic E-state index is 11.8. The SMILES string of the molecule is COc1ccc(NC(=O)CCCOc2ccccc2N)cc1. The van der Waals surface area contributed by atoms with Crippen LogP contribution in [0.15, 0.2) is 48.5 Å². The molecule has 0 aliphatic heterocycles. The fraction of sp³-hybridized carbons (Fsp3) is 0.235. The monoisotopic (exact) mass is 300 g/mol. The highest BCUT2D eigenvalue weighted by molar-refractivity contribution is 5.90. The maximum atomic E-state index is 11.8. The van der Waals surface area contributed by atoms with E-state index in [2.05, 4.69) is 5.32 Å². The molecule has 5 heteroatoms. The number of nitrogens with one attached hydrogen (secondary N) is 1. The first-order chi connectivity index (χ1) is 10.7. The number of amides is 1. The summed E-state index contributed by atoms with van der Waals surface area (Å²) in [4.78, 5) is 11.8. The fourth-order valence-corrected chi connectivity index (χ4v) is 1.92. The Hall–Kier alpha value is -2.69. The molecule has 5 nitrogen and oxygen atoms in total. The number of hydrogen-bond donors (Lipinski definition) is 2. The Balaban J connectivity index is 1.70. The lowest BCUT2D eigenvalue weighted by molar-refractivity contribution is -0.116. The van der Waals surface area contributed by atoms with Crippen molar-refractivity contribution in [1.82, 2.24) is 0 Å². The van der Waals surface area contributed by atoms with Crippen molar-refractivity contribution in [2.75, 3.05) is 24.8 Å². The van der Waals surface area contributed by atoms with Gasteiger partial charge in [0.25, 0.3) is 0 Å². The Morgan fingerprint density at radius 1 is 1.14 bits per heavy atom. The van der Waals surface area contributed by atoms with Crippen LogP contribution in [0.2, 0.25) is 0 Å². The highest BCUT2D eigenvalue weighted by atomic mass is 16.5. The summed E-state index contributed by atoms with van der Waals surface area (Å²) in [7, 11) is 1.60. The summed E-state index contributed by atoms with van der Waals surface area (Å²) in [6.07, 6.45) is 1.01. The van der Waals surface area contributed by atoms with Crippen molar-refractivity contribution in [1.29, 1.82) is 0 Å². The number of nitrogen functional groups attached to an aromatic ring is 1. The molecule has 0 heterocycles. The van der Waals surface area contributed by atoms with Crippen LogP contribution < -0.4 is 20.5 Å². The van der Waals surface area contributed by atoms with Crippen molar-refractivity contribution >= 4 is 17.3 Å². The first-order valence-electron chi connectivity index (χ1n) is 7.10. The molecule has 0 unspecified atom stereocenters. The van der Waals surface area contributed by atoms with Crippen LogP contribution in [-0.4, -0.2) is 19.6 Å². The highest BCUT2D eigenvalue weighted by Gasteiger charge is 2.04. The molecular weight excluding hydrogens is 280 g/mol. The Morgan fingerprint density at radius 2 is 1.86 bits per heavy atom. The van der Waals surface area contributed by atoms with Gasteiger partial charge in [0.05, 0.1) is 19.4 Å². The Labute approximate surface area is 130 Å². The molecule has 2 aromatic carbocycles. The van der Waals surface area contributed by atoms with E-state index in [0.717, 1.165) is 11.4 Å². The Bertz CT molecular complexity index is 612. The lowest BCUT2D eigenvalue weighted by atomic mass is 10.2. The first kappa shape index (κ1) is 15.7. The second kappa shape index (κ2) is 7.93. The number of anilines is 2. The standard InChI is InChI=1S/C17H20N2O3/c1-21-14-10-8-13(9-11-14)19-17(20)7-4-12-22-16-6-3-2-5-15(16)18/h2-3,5-6,8-11H,4,7,12,18H2,1H3,(H,19,20). The second-order valence-electron chi connectivity index (χ2n) is 4.77. The van der Waals surface area contributed by atoms with Gasteiger partial charge in [0, 0.05) is 12.1 Å². The van der Waals surface area contributed by atoms with Crippen molar-refractivity contribution in [3.63, 3.8) is 0 Å². The molecule has 0 saturated heterocycles. The van der Waals surface area contributed by atoms with Gasteiger partial charge in [0.15, 0.2) is 0 Å². The van der Waals surface area contributed by atoms with Crippen LogP contribution in [0.4, 0.5) is 11.4 Å². The van der Waals surface area contributed by atoms with Crippen LogP contribution in [0.25, 0.3) is 0 Å². The molecule has 0 fully saturated rings. The van der Waals surface area contributed by atoms with E-state index in [0.29, 0.717) is 30.9 Å². The predicted octanol–water partition coefficient (Wildman–Crippen LogP) is 3.08. The van der Waals surface area contributed by atoms with Gasteiger partial charge in [0.1, 0.15) is 11.5 Å². The van der Waals surface area contributed by atoms with Crippen LogP contribution in [0.5, 0.6) is 11.5 Å². The average molecular weight is 300 g/mol. The van der Waals surface area contributed by atoms with Gasteiger partial charge in [-0.2, -0.15) is 0 Å². The molecule has 0 spiro atoms. The Kier molecular flexibility index (Phi) is 5.65. The predicted molar refractivity (Wildman–Crippen MR) is 87.2 cm³/mol. The van der Waals surface area contributed by atoms with E-state index < -0.39 is 0 Å². The van der Waals surface area contributed by atoms with Gasteiger partial charge < -0.3 is 20.5 Å². The van der Waals surface area contributed by atoms with E-state index in [9.17, 15) is 4.79 Å². The third-order valence-electron chi connectivity index (χ3n) is 3.10. The van der Waals surface area contributed by atoms with E-state index in [-0.39, 0.29) is 5.91 Å². The topological polar surface area (TPSA) is 73.6 Å². The highest BCUT2D eigenvalue weighted by Crippen LogP contribution is 2.20. The third-order valence-corrected chi connectivity index (χ3v) is 3.10. The number of ether oxygens (including phenoxy) is 2. The summed E-state index contributed by atoms with van der Waals surface area (Å²) in [6.45, 7) is 0.449. The third kappa shape index (κ3) is 4.70. The van der Waals surface area contributed by atoms with Gasteiger partial charge in [-0.3, -0.25) is 4.79 Å². The molecule has 0 atom stereocenters. The molecular formula is C17H20N2O3. The molecule has 0 radical (unpaired) electrons. The number of nitrogens with two attached hydrogens (primary N) is 1. The number of hydrogen-bond acceptors (Lipinski definition) is 4. The molecule has 22 heavy (non-hydrogen) atoms. The van der Waals surface area contributed by atoms with Gasteiger partial charge in [-0.1, -0.05) is 12.1 Å². The molecule has 1 amide bonds. The van der Waals surface area contributed by atoms with E-state index >= 15 is 0 Å². The van der Waals surface area contributed by atoms with Gasteiger partial charge in [-0.25, -0.2) is 0 Å². The number of benzene rings is 2. The van der Waals surface area contributed by atoms with E-state index in [4.69, 9.17) is 15.2 Å². The van der Waals surface area contributed by atoms with Crippen LogP contribution in [0.3, 0.4) is 0 Å². The molecule has 0 bridgehead atoms. The summed E-state index contributed by atoms with van der Waals surface area (Å²) >= 11 is 0. The van der Waals surface area contributed by atoms with Gasteiger partial charge in [0.2, 0.25) is 5.91 Å². The minimum atomic E-state index is -0.0465. The van der Waals surface area contributed by atoms with Crippen LogP contribution in [0, 0.1) is 0 Å².